The third-order valence-corrected chi connectivity index (χ3v) is 4.57. The van der Waals surface area contributed by atoms with Gasteiger partial charge < -0.3 is 15.7 Å². The minimum atomic E-state index is -0.160. The number of carbonyl (C=O) groups excluding carboxylic acids is 1. The number of aromatic nitrogens is 1. The summed E-state index contributed by atoms with van der Waals surface area (Å²) in [4.78, 5) is 16.4. The topological polar surface area (TPSA) is 74.2 Å². The second-order valence-electron chi connectivity index (χ2n) is 5.51. The number of benzene rings is 1. The summed E-state index contributed by atoms with van der Waals surface area (Å²) in [5.74, 6) is 0.766. The molecule has 0 radical (unpaired) electrons. The number of rotatable bonds is 6. The first-order valence-corrected chi connectivity index (χ1v) is 8.32. The molecule has 1 aromatic heterocycles. The van der Waals surface area contributed by atoms with E-state index in [-0.39, 0.29) is 17.8 Å². The van der Waals surface area contributed by atoms with Crippen LogP contribution in [0.15, 0.2) is 35.8 Å². The molecular weight excluding hydrogens is 298 g/mol. The van der Waals surface area contributed by atoms with Crippen molar-refractivity contribution in [3.05, 3.63) is 46.4 Å². The molecule has 0 aliphatic heterocycles. The van der Waals surface area contributed by atoms with Crippen LogP contribution in [0.5, 0.6) is 5.75 Å². The molecule has 0 spiro atoms. The summed E-state index contributed by atoms with van der Waals surface area (Å²) in [6.45, 7) is 0.532. The standard InChI is InChI=1S/C16H19N3O2S/c20-13-3-1-2-11(10-13)6-7-18-16(21)19-14(12-4-5-12)15-17-8-9-22-15/h1-3,8-10,12,14,20H,4-7H2,(H2,18,19,21)/t14-/m0/s1. The fourth-order valence-electron chi connectivity index (χ4n) is 2.42. The predicted molar refractivity (Wildman–Crippen MR) is 85.9 cm³/mol. The molecule has 22 heavy (non-hydrogen) atoms. The Morgan fingerprint density at radius 2 is 2.32 bits per heavy atom. The predicted octanol–water partition coefficient (Wildman–Crippen LogP) is 2.84. The molecule has 1 aromatic carbocycles. The van der Waals surface area contributed by atoms with E-state index in [9.17, 15) is 9.90 Å². The Morgan fingerprint density at radius 1 is 1.45 bits per heavy atom. The van der Waals surface area contributed by atoms with Crippen molar-refractivity contribution in [1.29, 1.82) is 0 Å². The number of carbonyl (C=O) groups is 1. The normalized spacial score (nSPS) is 15.3. The van der Waals surface area contributed by atoms with Crippen molar-refractivity contribution in [1.82, 2.24) is 15.6 Å². The van der Waals surface area contributed by atoms with Gasteiger partial charge >= 0.3 is 6.03 Å². The first-order valence-electron chi connectivity index (χ1n) is 7.44. The van der Waals surface area contributed by atoms with Crippen LogP contribution >= 0.6 is 11.3 Å². The van der Waals surface area contributed by atoms with Crippen molar-refractivity contribution in [2.45, 2.75) is 25.3 Å². The first kappa shape index (κ1) is 14.8. The maximum atomic E-state index is 12.0. The van der Waals surface area contributed by atoms with Crippen molar-refractivity contribution >= 4 is 17.4 Å². The van der Waals surface area contributed by atoms with E-state index < -0.39 is 0 Å². The SMILES string of the molecule is O=C(NCCc1cccc(O)c1)N[C@H](c1nccs1)C1CC1. The number of hydrogen-bond donors (Lipinski definition) is 3. The molecule has 3 rings (SSSR count). The molecule has 0 saturated heterocycles. The highest BCUT2D eigenvalue weighted by atomic mass is 32.1. The Morgan fingerprint density at radius 3 is 3.00 bits per heavy atom. The van der Waals surface area contributed by atoms with Crippen LogP contribution in [-0.4, -0.2) is 22.7 Å². The Hall–Kier alpha value is -2.08. The van der Waals surface area contributed by atoms with Gasteiger partial charge in [0.1, 0.15) is 10.8 Å². The summed E-state index contributed by atoms with van der Waals surface area (Å²) < 4.78 is 0. The van der Waals surface area contributed by atoms with Crippen molar-refractivity contribution in [2.75, 3.05) is 6.54 Å². The van der Waals surface area contributed by atoms with Crippen LogP contribution in [-0.2, 0) is 6.42 Å². The number of aromatic hydroxyl groups is 1. The van der Waals surface area contributed by atoms with E-state index in [0.717, 1.165) is 23.4 Å². The Balaban J connectivity index is 1.47. The van der Waals surface area contributed by atoms with Crippen molar-refractivity contribution in [3.63, 3.8) is 0 Å². The second-order valence-corrected chi connectivity index (χ2v) is 6.43. The summed E-state index contributed by atoms with van der Waals surface area (Å²) in [6, 6.07) is 6.95. The molecule has 1 aliphatic rings. The van der Waals surface area contributed by atoms with Crippen molar-refractivity contribution in [2.24, 2.45) is 5.92 Å². The Labute approximate surface area is 133 Å². The first-order chi connectivity index (χ1) is 10.7. The van der Waals surface area contributed by atoms with Gasteiger partial charge in [0.2, 0.25) is 0 Å². The number of amides is 2. The quantitative estimate of drug-likeness (QED) is 0.767. The van der Waals surface area contributed by atoms with E-state index in [1.165, 1.54) is 0 Å². The van der Waals surface area contributed by atoms with Gasteiger partial charge in [-0.05, 0) is 42.9 Å². The third kappa shape index (κ3) is 3.98. The fraction of sp³-hybridized carbons (Fsp3) is 0.375. The molecule has 116 valence electrons. The molecule has 1 heterocycles. The highest BCUT2D eigenvalue weighted by Crippen LogP contribution is 2.41. The van der Waals surface area contributed by atoms with E-state index in [1.807, 2.05) is 11.4 Å². The average Bonchev–Trinajstić information content (AvgIpc) is 3.19. The highest BCUT2D eigenvalue weighted by Gasteiger charge is 2.34. The number of phenols is 1. The van der Waals surface area contributed by atoms with Crippen LogP contribution in [0.1, 0.15) is 29.5 Å². The van der Waals surface area contributed by atoms with Gasteiger partial charge in [-0.2, -0.15) is 0 Å². The molecule has 2 aromatic rings. The van der Waals surface area contributed by atoms with Gasteiger partial charge in [0.25, 0.3) is 0 Å². The number of nitrogens with zero attached hydrogens (tertiary/aromatic N) is 1. The Bertz CT molecular complexity index is 626. The Kier molecular flexibility index (Phi) is 4.58. The molecule has 1 aliphatic carbocycles. The minimum Gasteiger partial charge on any atom is -0.508 e. The molecule has 6 heteroatoms. The molecule has 1 saturated carbocycles. The van der Waals surface area contributed by atoms with Crippen LogP contribution < -0.4 is 10.6 Å². The number of hydrogen-bond acceptors (Lipinski definition) is 4. The molecule has 1 atom stereocenters. The van der Waals surface area contributed by atoms with Crippen LogP contribution in [0.2, 0.25) is 0 Å². The highest BCUT2D eigenvalue weighted by molar-refractivity contribution is 7.09. The smallest absolute Gasteiger partial charge is 0.315 e. The van der Waals surface area contributed by atoms with Crippen LogP contribution in [0, 0.1) is 5.92 Å². The van der Waals surface area contributed by atoms with Crippen molar-refractivity contribution in [3.8, 4) is 5.75 Å². The van der Waals surface area contributed by atoms with E-state index in [1.54, 1.807) is 35.7 Å². The van der Waals surface area contributed by atoms with Gasteiger partial charge in [0.05, 0.1) is 6.04 Å². The van der Waals surface area contributed by atoms with Gasteiger partial charge in [-0.3, -0.25) is 0 Å². The lowest BCUT2D eigenvalue weighted by molar-refractivity contribution is 0.235. The van der Waals surface area contributed by atoms with Crippen molar-refractivity contribution < 1.29 is 9.90 Å². The molecule has 0 bridgehead atoms. The van der Waals surface area contributed by atoms with E-state index in [0.29, 0.717) is 18.9 Å². The molecule has 3 N–H and O–H groups in total. The van der Waals surface area contributed by atoms with Gasteiger partial charge in [0.15, 0.2) is 0 Å². The van der Waals surface area contributed by atoms with Crippen LogP contribution in [0.3, 0.4) is 0 Å². The zero-order chi connectivity index (χ0) is 15.4. The minimum absolute atomic E-state index is 0.0285. The second kappa shape index (κ2) is 6.79. The fourth-order valence-corrected chi connectivity index (χ4v) is 3.20. The molecule has 0 unspecified atom stereocenters. The van der Waals surface area contributed by atoms with E-state index in [4.69, 9.17) is 0 Å². The summed E-state index contributed by atoms with van der Waals surface area (Å²) in [5.41, 5.74) is 0.999. The van der Waals surface area contributed by atoms with Gasteiger partial charge in [0, 0.05) is 18.1 Å². The zero-order valence-electron chi connectivity index (χ0n) is 12.2. The lowest BCUT2D eigenvalue weighted by atomic mass is 10.1. The summed E-state index contributed by atoms with van der Waals surface area (Å²) in [5, 5.41) is 18.2. The molecule has 1 fully saturated rings. The number of urea groups is 1. The monoisotopic (exact) mass is 317 g/mol. The number of phenolic OH excluding ortho intramolecular Hbond substituents is 1. The molecule has 5 nitrogen and oxygen atoms in total. The largest absolute Gasteiger partial charge is 0.508 e. The van der Waals surface area contributed by atoms with Gasteiger partial charge in [-0.15, -0.1) is 11.3 Å². The number of nitrogens with one attached hydrogen (secondary N) is 2. The lowest BCUT2D eigenvalue weighted by Gasteiger charge is -2.16. The third-order valence-electron chi connectivity index (χ3n) is 3.71. The number of thiazole rings is 1. The maximum absolute atomic E-state index is 12.0. The molecule has 2 amide bonds. The van der Waals surface area contributed by atoms with E-state index >= 15 is 0 Å². The zero-order valence-corrected chi connectivity index (χ0v) is 13.0. The van der Waals surface area contributed by atoms with E-state index in [2.05, 4.69) is 15.6 Å². The summed E-state index contributed by atoms with van der Waals surface area (Å²) >= 11 is 1.58. The van der Waals surface area contributed by atoms with Crippen LogP contribution in [0.25, 0.3) is 0 Å². The van der Waals surface area contributed by atoms with Crippen LogP contribution in [0.4, 0.5) is 4.79 Å². The summed E-state index contributed by atoms with van der Waals surface area (Å²) in [6.07, 6.45) is 4.76. The van der Waals surface area contributed by atoms with Gasteiger partial charge in [-0.25, -0.2) is 9.78 Å². The average molecular weight is 317 g/mol. The lowest BCUT2D eigenvalue weighted by Crippen LogP contribution is -2.39. The maximum Gasteiger partial charge on any atom is 0.315 e. The van der Waals surface area contributed by atoms with Gasteiger partial charge in [-0.1, -0.05) is 12.1 Å². The molecular formula is C16H19N3O2S. The summed E-state index contributed by atoms with van der Waals surface area (Å²) in [7, 11) is 0.